The molecule has 0 bridgehead atoms. The lowest BCUT2D eigenvalue weighted by Gasteiger charge is -2.30. The zero-order valence-corrected chi connectivity index (χ0v) is 65.5. The number of aryl methyl sites for hydroxylation is 4. The second-order valence-corrected chi connectivity index (χ2v) is 36.2. The standard InChI is InChI=1S/C19H21ClO3S.C18H18BrClO3S.C18H18BrClOS.C7H3BrClF3O2S.C7H4BrF3S/c1-13-3-4-14(2)19(11-13)24(21,22)17-9-10-23-18(12-17)15-5-7-16(20)8-6-15;1-12-2-7-16(19)18(10-12)24(21,22)15-8-9-23-17(11-15)13-3-5-14(20)6-4-13;1-12-2-7-16(19)18(10-12)22-15-8-9-21-17(11-15)13-3-5-14(20)6-4-13;8-5-2-1-4(7(10,11)12)3-6(5)15(9,13)14;8-5-2-1-4(3-6(5)12)7(9,10)11/h3-8,11,17-18H,9-10,12H2,1-2H3;2-7,10,15,17H,8-9,11H2,1H3;2-7,10,15,17H,8-9,11H2,1H3;1-3H;1-3,12H. The van der Waals surface area contributed by atoms with E-state index < -0.39 is 67.6 Å². The Balaban J connectivity index is 0.000000175. The van der Waals surface area contributed by atoms with Gasteiger partial charge >= 0.3 is 12.4 Å². The van der Waals surface area contributed by atoms with Crippen molar-refractivity contribution in [3.8, 4) is 0 Å². The lowest BCUT2D eigenvalue weighted by atomic mass is 10.0. The maximum absolute atomic E-state index is 13.1. The monoisotopic (exact) mass is 1770 g/mol. The summed E-state index contributed by atoms with van der Waals surface area (Å²) in [6.45, 7) is 9.49. The highest BCUT2D eigenvalue weighted by molar-refractivity contribution is 9.11. The van der Waals surface area contributed by atoms with Crippen LogP contribution in [0.25, 0.3) is 0 Å². The number of hydrogen-bond donors (Lipinski definition) is 1. The van der Waals surface area contributed by atoms with Crippen molar-refractivity contribution in [3.05, 3.63) is 247 Å². The van der Waals surface area contributed by atoms with E-state index >= 15 is 0 Å². The molecule has 11 rings (SSSR count). The number of sulfone groups is 2. The Morgan fingerprint density at radius 2 is 0.814 bits per heavy atom. The van der Waals surface area contributed by atoms with Gasteiger partial charge in [0, 0.05) is 78.5 Å². The summed E-state index contributed by atoms with van der Waals surface area (Å²) in [5.74, 6) is 0. The fourth-order valence-corrected chi connectivity index (χ4v) is 20.0. The largest absolute Gasteiger partial charge is 0.416 e. The quantitative estimate of drug-likeness (QED) is 0.0802. The molecule has 0 radical (unpaired) electrons. The van der Waals surface area contributed by atoms with E-state index in [1.807, 2.05) is 99.3 Å². The highest BCUT2D eigenvalue weighted by Crippen LogP contribution is 2.43. The number of ether oxygens (including phenoxy) is 3. The summed E-state index contributed by atoms with van der Waals surface area (Å²) in [5, 5.41) is 1.79. The molecule has 3 aliphatic heterocycles. The van der Waals surface area contributed by atoms with Crippen molar-refractivity contribution in [3.63, 3.8) is 0 Å². The number of alkyl halides is 6. The number of benzene rings is 8. The first-order valence-corrected chi connectivity index (χ1v) is 40.7. The van der Waals surface area contributed by atoms with Crippen LogP contribution in [0.5, 0.6) is 0 Å². The first-order valence-electron chi connectivity index (χ1n) is 29.6. The van der Waals surface area contributed by atoms with E-state index in [9.17, 15) is 51.6 Å². The molecule has 8 aromatic carbocycles. The smallest absolute Gasteiger partial charge is 0.373 e. The molecule has 522 valence electrons. The Bertz CT molecular complexity index is 4210. The highest BCUT2D eigenvalue weighted by atomic mass is 79.9. The summed E-state index contributed by atoms with van der Waals surface area (Å²) in [6, 6.07) is 45.9. The van der Waals surface area contributed by atoms with Crippen molar-refractivity contribution in [1.29, 1.82) is 0 Å². The van der Waals surface area contributed by atoms with E-state index in [-0.39, 0.29) is 27.7 Å². The molecule has 8 aromatic rings. The van der Waals surface area contributed by atoms with Crippen molar-refractivity contribution in [2.24, 2.45) is 0 Å². The molecular weight excluding hydrogens is 1710 g/mol. The van der Waals surface area contributed by atoms with Crippen LogP contribution >= 0.6 is 134 Å². The van der Waals surface area contributed by atoms with E-state index in [1.54, 1.807) is 30.3 Å². The van der Waals surface area contributed by atoms with E-state index in [0.29, 0.717) is 79.0 Å². The van der Waals surface area contributed by atoms with Gasteiger partial charge in [-0.1, -0.05) is 95.5 Å². The van der Waals surface area contributed by atoms with Gasteiger partial charge < -0.3 is 14.2 Å². The molecule has 3 fully saturated rings. The summed E-state index contributed by atoms with van der Waals surface area (Å²) in [6.07, 6.45) is -5.07. The SMILES string of the molecule is Cc1ccc(Br)c(S(=O)(=O)C2CCOC(c3ccc(Cl)cc3)C2)c1.Cc1ccc(Br)c(SC2CCOC(c3ccc(Cl)cc3)C2)c1.Cc1ccc(C)c(S(=O)(=O)C2CCOC(c3ccc(Cl)cc3)C2)c1.FC(F)(F)c1ccc(Br)c(S)c1.O=S(=O)(Cl)c1cc(C(F)(F)F)ccc1Br. The zero-order chi connectivity index (χ0) is 71.4. The molecule has 6 atom stereocenters. The van der Waals surface area contributed by atoms with Crippen LogP contribution in [-0.4, -0.2) is 60.8 Å². The fourth-order valence-electron chi connectivity index (χ4n) is 10.3. The van der Waals surface area contributed by atoms with Crippen molar-refractivity contribution in [2.75, 3.05) is 19.8 Å². The van der Waals surface area contributed by atoms with E-state index in [4.69, 9.17) is 59.7 Å². The third-order valence-corrected chi connectivity index (χ3v) is 27.8. The van der Waals surface area contributed by atoms with Crippen LogP contribution in [-0.2, 0) is 55.3 Å². The molecule has 0 aromatic heterocycles. The van der Waals surface area contributed by atoms with Gasteiger partial charge in [-0.15, -0.1) is 24.4 Å². The Hall–Kier alpha value is -3.15. The van der Waals surface area contributed by atoms with Gasteiger partial charge in [-0.2, -0.15) is 26.3 Å². The summed E-state index contributed by atoms with van der Waals surface area (Å²) in [5.41, 5.74) is 5.39. The molecule has 3 heterocycles. The summed E-state index contributed by atoms with van der Waals surface area (Å²) in [7, 11) is -6.02. The minimum Gasteiger partial charge on any atom is -0.373 e. The van der Waals surface area contributed by atoms with Crippen molar-refractivity contribution < 1.29 is 65.8 Å². The van der Waals surface area contributed by atoms with E-state index in [0.717, 1.165) is 76.6 Å². The Kier molecular flexibility index (Phi) is 30.0. The molecule has 9 nitrogen and oxygen atoms in total. The maximum Gasteiger partial charge on any atom is 0.416 e. The first kappa shape index (κ1) is 81.2. The predicted octanol–water partition coefficient (Wildman–Crippen LogP) is 23.3. The Labute approximate surface area is 625 Å². The average Bonchev–Trinajstić information content (AvgIpc) is 0.794. The van der Waals surface area contributed by atoms with Gasteiger partial charge in [-0.05, 0) is 272 Å². The maximum atomic E-state index is 13.1. The van der Waals surface area contributed by atoms with Gasteiger partial charge in [0.15, 0.2) is 19.7 Å². The molecule has 28 heteroatoms. The highest BCUT2D eigenvalue weighted by Gasteiger charge is 2.38. The average molecular weight is 1770 g/mol. The van der Waals surface area contributed by atoms with Crippen molar-refractivity contribution >= 4 is 162 Å². The second kappa shape index (κ2) is 35.8. The second-order valence-electron chi connectivity index (χ2n) is 22.8. The number of rotatable bonds is 10. The van der Waals surface area contributed by atoms with Crippen LogP contribution in [0.3, 0.4) is 0 Å². The number of hydrogen-bond acceptors (Lipinski definition) is 11. The summed E-state index contributed by atoms with van der Waals surface area (Å²) in [4.78, 5) is 1.82. The number of thioether (sulfide) groups is 1. The van der Waals surface area contributed by atoms with Gasteiger partial charge in [0.25, 0.3) is 9.05 Å². The molecule has 0 aliphatic carbocycles. The van der Waals surface area contributed by atoms with Crippen LogP contribution in [0.1, 0.15) is 107 Å². The number of thiol groups is 1. The topological polar surface area (TPSA) is 130 Å². The van der Waals surface area contributed by atoms with Gasteiger partial charge in [0.1, 0.15) is 0 Å². The fraction of sp³-hybridized carbons (Fsp3) is 0.304. The Morgan fingerprint density at radius 3 is 1.27 bits per heavy atom. The molecule has 3 aliphatic rings. The first-order chi connectivity index (χ1) is 45.4. The minimum atomic E-state index is -4.60. The van der Waals surface area contributed by atoms with Gasteiger partial charge in [0.05, 0.1) is 54.6 Å². The Morgan fingerprint density at radius 1 is 0.443 bits per heavy atom. The van der Waals surface area contributed by atoms with E-state index in [1.165, 1.54) is 26.6 Å². The van der Waals surface area contributed by atoms with E-state index in [2.05, 4.69) is 114 Å². The van der Waals surface area contributed by atoms with Gasteiger partial charge in [0.2, 0.25) is 0 Å². The molecule has 3 saturated heterocycles. The predicted molar refractivity (Wildman–Crippen MR) is 392 cm³/mol. The summed E-state index contributed by atoms with van der Waals surface area (Å²) < 4.78 is 167. The van der Waals surface area contributed by atoms with Crippen LogP contribution in [0.4, 0.5) is 26.3 Å². The minimum absolute atomic E-state index is 0.00880. The molecule has 0 amide bonds. The molecule has 0 saturated carbocycles. The van der Waals surface area contributed by atoms with Crippen LogP contribution in [0.15, 0.2) is 206 Å². The van der Waals surface area contributed by atoms with Crippen molar-refractivity contribution in [2.45, 2.75) is 137 Å². The van der Waals surface area contributed by atoms with Crippen molar-refractivity contribution in [1.82, 2.24) is 0 Å². The molecule has 6 unspecified atom stereocenters. The molecule has 97 heavy (non-hydrogen) atoms. The lowest BCUT2D eigenvalue weighted by molar-refractivity contribution is -0.138. The molecular formula is C69H64Br4Cl4F6O9S5. The van der Waals surface area contributed by atoms with Crippen LogP contribution in [0.2, 0.25) is 15.1 Å². The van der Waals surface area contributed by atoms with Crippen LogP contribution in [0, 0.1) is 27.7 Å². The third kappa shape index (κ3) is 23.7. The number of halogens is 14. The lowest BCUT2D eigenvalue weighted by Crippen LogP contribution is -2.31. The molecule has 0 N–H and O–H groups in total. The summed E-state index contributed by atoms with van der Waals surface area (Å²) >= 11 is 36.5. The van der Waals surface area contributed by atoms with Crippen LogP contribution < -0.4 is 0 Å². The van der Waals surface area contributed by atoms with Gasteiger partial charge in [-0.25, -0.2) is 25.3 Å². The van der Waals surface area contributed by atoms with Gasteiger partial charge in [-0.3, -0.25) is 0 Å². The zero-order valence-electron chi connectivity index (χ0n) is 52.0. The normalized spacial score (nSPS) is 19.1. The third-order valence-electron chi connectivity index (χ3n) is 15.5. The molecule has 0 spiro atoms.